The number of Topliss-reactive ketones (excluding diaryl/α,β-unsaturated/α-hetero) is 1. The Labute approximate surface area is 141 Å². The van der Waals surface area contributed by atoms with E-state index in [4.69, 9.17) is 0 Å². The number of carbonyl (C=O) groups excluding carboxylic acids is 2. The Bertz CT molecular complexity index is 404. The smallest absolute Gasteiger partial charge is 0.225 e. The zero-order chi connectivity index (χ0) is 17.0. The van der Waals surface area contributed by atoms with E-state index >= 15 is 0 Å². The van der Waals surface area contributed by atoms with Gasteiger partial charge >= 0.3 is 0 Å². The molecule has 2 aliphatic heterocycles. The van der Waals surface area contributed by atoms with E-state index in [1.165, 1.54) is 12.8 Å². The lowest BCUT2D eigenvalue weighted by molar-refractivity contribution is -0.136. The third-order valence-corrected chi connectivity index (χ3v) is 5.67. The van der Waals surface area contributed by atoms with Crippen LogP contribution < -0.4 is 0 Å². The number of ketones is 1. The van der Waals surface area contributed by atoms with Gasteiger partial charge in [0.15, 0.2) is 0 Å². The standard InChI is InChI=1S/C19H34N2O2/c1-14(2)18(22)13-20-9-5-16(6-10-20)17-7-11-21(12-8-17)19(23)15(3)4/h14-17H,5-13H2,1-4H3. The van der Waals surface area contributed by atoms with Crippen molar-refractivity contribution in [1.29, 1.82) is 0 Å². The minimum Gasteiger partial charge on any atom is -0.342 e. The van der Waals surface area contributed by atoms with Crippen molar-refractivity contribution in [3.63, 3.8) is 0 Å². The third-order valence-electron chi connectivity index (χ3n) is 5.67. The zero-order valence-corrected chi connectivity index (χ0v) is 15.4. The molecule has 0 bridgehead atoms. The lowest BCUT2D eigenvalue weighted by atomic mass is 9.78. The van der Waals surface area contributed by atoms with Crippen LogP contribution in [0, 0.1) is 23.7 Å². The van der Waals surface area contributed by atoms with Crippen molar-refractivity contribution < 1.29 is 9.59 Å². The van der Waals surface area contributed by atoms with Gasteiger partial charge in [0, 0.05) is 24.9 Å². The van der Waals surface area contributed by atoms with Gasteiger partial charge in [0.25, 0.3) is 0 Å². The summed E-state index contributed by atoms with van der Waals surface area (Å²) < 4.78 is 0. The first-order valence-electron chi connectivity index (χ1n) is 9.42. The Hall–Kier alpha value is -0.900. The molecule has 0 aromatic rings. The average molecular weight is 322 g/mol. The van der Waals surface area contributed by atoms with Crippen molar-refractivity contribution in [2.75, 3.05) is 32.7 Å². The van der Waals surface area contributed by atoms with Crippen LogP contribution in [0.15, 0.2) is 0 Å². The molecule has 4 heteroatoms. The number of rotatable bonds is 5. The van der Waals surface area contributed by atoms with Gasteiger partial charge in [0.2, 0.25) is 5.91 Å². The lowest BCUT2D eigenvalue weighted by Gasteiger charge is -2.40. The second kappa shape index (κ2) is 8.27. The summed E-state index contributed by atoms with van der Waals surface area (Å²) >= 11 is 0. The van der Waals surface area contributed by atoms with Gasteiger partial charge in [-0.05, 0) is 50.6 Å². The normalized spacial score (nSPS) is 22.1. The van der Waals surface area contributed by atoms with Gasteiger partial charge in [0.1, 0.15) is 5.78 Å². The number of carbonyl (C=O) groups is 2. The minimum atomic E-state index is 0.119. The molecule has 23 heavy (non-hydrogen) atoms. The van der Waals surface area contributed by atoms with E-state index in [0.717, 1.165) is 50.9 Å². The Balaban J connectivity index is 1.72. The van der Waals surface area contributed by atoms with E-state index in [9.17, 15) is 9.59 Å². The maximum atomic E-state index is 12.1. The van der Waals surface area contributed by atoms with E-state index in [1.54, 1.807) is 0 Å². The van der Waals surface area contributed by atoms with Crippen molar-refractivity contribution >= 4 is 11.7 Å². The first-order valence-corrected chi connectivity index (χ1v) is 9.42. The van der Waals surface area contributed by atoms with E-state index in [1.807, 2.05) is 27.7 Å². The molecule has 2 saturated heterocycles. The van der Waals surface area contributed by atoms with Gasteiger partial charge in [-0.2, -0.15) is 0 Å². The molecule has 0 aliphatic carbocycles. The number of hydrogen-bond acceptors (Lipinski definition) is 3. The fraction of sp³-hybridized carbons (Fsp3) is 0.895. The summed E-state index contributed by atoms with van der Waals surface area (Å²) in [5.74, 6) is 2.50. The maximum Gasteiger partial charge on any atom is 0.225 e. The number of nitrogens with zero attached hydrogens (tertiary/aromatic N) is 2. The second-order valence-corrected chi connectivity index (χ2v) is 8.05. The predicted octanol–water partition coefficient (Wildman–Crippen LogP) is 2.82. The quantitative estimate of drug-likeness (QED) is 0.781. The van der Waals surface area contributed by atoms with Crippen LogP contribution in [0.5, 0.6) is 0 Å². The van der Waals surface area contributed by atoms with Gasteiger partial charge < -0.3 is 4.90 Å². The van der Waals surface area contributed by atoms with Crippen LogP contribution in [0.1, 0.15) is 53.4 Å². The summed E-state index contributed by atoms with van der Waals surface area (Å²) in [5.41, 5.74) is 0. The summed E-state index contributed by atoms with van der Waals surface area (Å²) in [6.45, 7) is 12.6. The highest BCUT2D eigenvalue weighted by Gasteiger charge is 2.31. The molecule has 0 radical (unpaired) electrons. The second-order valence-electron chi connectivity index (χ2n) is 8.05. The Morgan fingerprint density at radius 3 is 1.74 bits per heavy atom. The Kier molecular flexibility index (Phi) is 6.63. The van der Waals surface area contributed by atoms with Crippen LogP contribution in [-0.2, 0) is 9.59 Å². The van der Waals surface area contributed by atoms with Crippen molar-refractivity contribution in [1.82, 2.24) is 9.80 Å². The third kappa shape index (κ3) is 5.03. The fourth-order valence-corrected chi connectivity index (χ4v) is 3.94. The van der Waals surface area contributed by atoms with E-state index < -0.39 is 0 Å². The first kappa shape index (κ1) is 18.4. The van der Waals surface area contributed by atoms with E-state index in [-0.39, 0.29) is 11.8 Å². The van der Waals surface area contributed by atoms with Crippen LogP contribution in [0.2, 0.25) is 0 Å². The SMILES string of the molecule is CC(C)C(=O)CN1CCC(C2CCN(C(=O)C(C)C)CC2)CC1. The summed E-state index contributed by atoms with van der Waals surface area (Å²) in [7, 11) is 0. The molecule has 0 aromatic heterocycles. The van der Waals surface area contributed by atoms with Gasteiger partial charge in [-0.25, -0.2) is 0 Å². The topological polar surface area (TPSA) is 40.6 Å². The van der Waals surface area contributed by atoms with E-state index in [0.29, 0.717) is 18.2 Å². The molecule has 0 atom stereocenters. The Morgan fingerprint density at radius 1 is 0.826 bits per heavy atom. The summed E-state index contributed by atoms with van der Waals surface area (Å²) in [6.07, 6.45) is 4.75. The number of likely N-dealkylation sites (tertiary alicyclic amines) is 2. The highest BCUT2D eigenvalue weighted by atomic mass is 16.2. The molecule has 4 nitrogen and oxygen atoms in total. The lowest BCUT2D eigenvalue weighted by Crippen LogP contribution is -2.44. The molecular weight excluding hydrogens is 288 g/mol. The van der Waals surface area contributed by atoms with Gasteiger partial charge in [-0.1, -0.05) is 27.7 Å². The summed E-state index contributed by atoms with van der Waals surface area (Å²) in [6, 6.07) is 0. The summed E-state index contributed by atoms with van der Waals surface area (Å²) in [4.78, 5) is 28.3. The number of hydrogen-bond donors (Lipinski definition) is 0. The fourth-order valence-electron chi connectivity index (χ4n) is 3.94. The van der Waals surface area contributed by atoms with Crippen molar-refractivity contribution in [3.05, 3.63) is 0 Å². The maximum absolute atomic E-state index is 12.1. The van der Waals surface area contributed by atoms with Crippen LogP contribution in [0.3, 0.4) is 0 Å². The van der Waals surface area contributed by atoms with E-state index in [2.05, 4.69) is 9.80 Å². The van der Waals surface area contributed by atoms with Gasteiger partial charge in [-0.3, -0.25) is 14.5 Å². The zero-order valence-electron chi connectivity index (χ0n) is 15.4. The highest BCUT2D eigenvalue weighted by Crippen LogP contribution is 2.32. The van der Waals surface area contributed by atoms with Crippen molar-refractivity contribution in [2.24, 2.45) is 23.7 Å². The molecule has 0 aromatic carbocycles. The minimum absolute atomic E-state index is 0.119. The first-order chi connectivity index (χ1) is 10.9. The Morgan fingerprint density at radius 2 is 1.30 bits per heavy atom. The number of piperidine rings is 2. The number of amides is 1. The monoisotopic (exact) mass is 322 g/mol. The molecule has 1 amide bonds. The van der Waals surface area contributed by atoms with Crippen LogP contribution in [0.4, 0.5) is 0 Å². The predicted molar refractivity (Wildman–Crippen MR) is 93.2 cm³/mol. The molecule has 2 aliphatic rings. The molecule has 2 rings (SSSR count). The molecule has 2 heterocycles. The molecule has 2 fully saturated rings. The van der Waals surface area contributed by atoms with Crippen LogP contribution in [-0.4, -0.2) is 54.2 Å². The molecule has 0 unspecified atom stereocenters. The summed E-state index contributed by atoms with van der Waals surface area (Å²) in [5, 5.41) is 0. The van der Waals surface area contributed by atoms with Crippen LogP contribution >= 0.6 is 0 Å². The molecular formula is C19H34N2O2. The molecule has 0 spiro atoms. The van der Waals surface area contributed by atoms with Gasteiger partial charge in [-0.15, -0.1) is 0 Å². The average Bonchev–Trinajstić information content (AvgIpc) is 2.55. The van der Waals surface area contributed by atoms with Crippen molar-refractivity contribution in [3.8, 4) is 0 Å². The van der Waals surface area contributed by atoms with Gasteiger partial charge in [0.05, 0.1) is 6.54 Å². The highest BCUT2D eigenvalue weighted by molar-refractivity contribution is 5.82. The molecule has 132 valence electrons. The molecule has 0 N–H and O–H groups in total. The van der Waals surface area contributed by atoms with Crippen LogP contribution in [0.25, 0.3) is 0 Å². The molecule has 0 saturated carbocycles. The van der Waals surface area contributed by atoms with Crippen molar-refractivity contribution in [2.45, 2.75) is 53.4 Å². The largest absolute Gasteiger partial charge is 0.342 e.